The molecule has 0 aromatic heterocycles. The van der Waals surface area contributed by atoms with Crippen molar-refractivity contribution in [1.29, 1.82) is 0 Å². The summed E-state index contributed by atoms with van der Waals surface area (Å²) in [6, 6.07) is -0.425. The third-order valence-electron chi connectivity index (χ3n) is 3.69. The SMILES string of the molecule is CN(CC1CC(O)C1)C(=O)CN1C(=O)CN(C)C1=O. The van der Waals surface area contributed by atoms with Crippen molar-refractivity contribution in [3.63, 3.8) is 0 Å². The lowest BCUT2D eigenvalue weighted by Crippen LogP contribution is -2.45. The van der Waals surface area contributed by atoms with E-state index in [0.29, 0.717) is 25.3 Å². The van der Waals surface area contributed by atoms with Crippen molar-refractivity contribution in [3.8, 4) is 0 Å². The van der Waals surface area contributed by atoms with Crippen LogP contribution in [0.1, 0.15) is 12.8 Å². The van der Waals surface area contributed by atoms with Crippen LogP contribution < -0.4 is 0 Å². The van der Waals surface area contributed by atoms with Crippen LogP contribution in [0.5, 0.6) is 0 Å². The maximum atomic E-state index is 12.0. The van der Waals surface area contributed by atoms with Crippen molar-refractivity contribution < 1.29 is 19.5 Å². The van der Waals surface area contributed by atoms with Crippen LogP contribution >= 0.6 is 0 Å². The molecular weight excluding hydrogens is 250 g/mol. The van der Waals surface area contributed by atoms with Crippen molar-refractivity contribution in [1.82, 2.24) is 14.7 Å². The summed E-state index contributed by atoms with van der Waals surface area (Å²) < 4.78 is 0. The molecule has 1 aliphatic carbocycles. The van der Waals surface area contributed by atoms with E-state index in [2.05, 4.69) is 0 Å². The van der Waals surface area contributed by atoms with E-state index in [-0.39, 0.29) is 31.0 Å². The zero-order valence-electron chi connectivity index (χ0n) is 11.2. The Morgan fingerprint density at radius 3 is 2.53 bits per heavy atom. The lowest BCUT2D eigenvalue weighted by Gasteiger charge is -2.34. The summed E-state index contributed by atoms with van der Waals surface area (Å²) in [6.45, 7) is 0.389. The molecule has 1 N–H and O–H groups in total. The molecule has 0 aromatic carbocycles. The Morgan fingerprint density at radius 1 is 1.42 bits per heavy atom. The minimum absolute atomic E-state index is 0.0324. The van der Waals surface area contributed by atoms with Crippen molar-refractivity contribution in [2.24, 2.45) is 5.92 Å². The molecule has 1 saturated carbocycles. The smallest absolute Gasteiger partial charge is 0.327 e. The van der Waals surface area contributed by atoms with Gasteiger partial charge in [-0.25, -0.2) is 4.79 Å². The number of rotatable bonds is 4. The molecule has 0 bridgehead atoms. The molecule has 4 amide bonds. The van der Waals surface area contributed by atoms with Crippen LogP contribution in [0.4, 0.5) is 4.79 Å². The number of likely N-dealkylation sites (N-methyl/N-ethyl adjacent to an activating group) is 2. The third kappa shape index (κ3) is 2.86. The van der Waals surface area contributed by atoms with E-state index < -0.39 is 6.03 Å². The fourth-order valence-electron chi connectivity index (χ4n) is 2.42. The lowest BCUT2D eigenvalue weighted by molar-refractivity contribution is -0.136. The highest BCUT2D eigenvalue weighted by atomic mass is 16.3. The first kappa shape index (κ1) is 13.8. The van der Waals surface area contributed by atoms with Gasteiger partial charge in [0.15, 0.2) is 0 Å². The summed E-state index contributed by atoms with van der Waals surface area (Å²) in [5.41, 5.74) is 0. The summed E-state index contributed by atoms with van der Waals surface area (Å²) >= 11 is 0. The maximum absolute atomic E-state index is 12.0. The first-order valence-corrected chi connectivity index (χ1v) is 6.36. The number of aliphatic hydroxyl groups is 1. The molecule has 106 valence electrons. The molecule has 0 spiro atoms. The Balaban J connectivity index is 1.83. The molecule has 0 aromatic rings. The zero-order valence-corrected chi connectivity index (χ0v) is 11.2. The minimum atomic E-state index is -0.425. The molecule has 2 aliphatic rings. The van der Waals surface area contributed by atoms with Gasteiger partial charge in [0.25, 0.3) is 5.91 Å². The van der Waals surface area contributed by atoms with Crippen LogP contribution in [0.25, 0.3) is 0 Å². The van der Waals surface area contributed by atoms with Gasteiger partial charge in [0.1, 0.15) is 13.1 Å². The van der Waals surface area contributed by atoms with Crippen molar-refractivity contribution in [2.45, 2.75) is 18.9 Å². The van der Waals surface area contributed by atoms with Gasteiger partial charge in [-0.1, -0.05) is 0 Å². The maximum Gasteiger partial charge on any atom is 0.327 e. The highest BCUT2D eigenvalue weighted by Crippen LogP contribution is 2.27. The van der Waals surface area contributed by atoms with E-state index in [0.717, 1.165) is 4.90 Å². The van der Waals surface area contributed by atoms with E-state index in [4.69, 9.17) is 0 Å². The molecule has 2 fully saturated rings. The van der Waals surface area contributed by atoms with Crippen LogP contribution in [0.3, 0.4) is 0 Å². The lowest BCUT2D eigenvalue weighted by atomic mass is 9.82. The second-order valence-electron chi connectivity index (χ2n) is 5.38. The summed E-state index contributed by atoms with van der Waals surface area (Å²) in [5, 5.41) is 9.19. The second kappa shape index (κ2) is 5.16. The number of imide groups is 1. The Bertz CT molecular complexity index is 406. The van der Waals surface area contributed by atoms with E-state index in [9.17, 15) is 19.5 Å². The molecule has 1 saturated heterocycles. The van der Waals surface area contributed by atoms with Gasteiger partial charge in [0.05, 0.1) is 6.10 Å². The average molecular weight is 269 g/mol. The standard InChI is InChI=1S/C12H19N3O4/c1-13(5-8-3-9(16)4-8)10(17)7-15-11(18)6-14(2)12(15)19/h8-9,16H,3-7H2,1-2H3. The summed E-state index contributed by atoms with van der Waals surface area (Å²) in [7, 11) is 3.19. The van der Waals surface area contributed by atoms with Crippen LogP contribution in [0, 0.1) is 5.92 Å². The van der Waals surface area contributed by atoms with Crippen LogP contribution in [0.2, 0.25) is 0 Å². The molecule has 1 aliphatic heterocycles. The molecule has 7 nitrogen and oxygen atoms in total. The Hall–Kier alpha value is -1.63. The van der Waals surface area contributed by atoms with E-state index >= 15 is 0 Å². The van der Waals surface area contributed by atoms with Gasteiger partial charge in [0.2, 0.25) is 5.91 Å². The van der Waals surface area contributed by atoms with E-state index in [1.54, 1.807) is 7.05 Å². The Labute approximate surface area is 111 Å². The minimum Gasteiger partial charge on any atom is -0.393 e. The second-order valence-corrected chi connectivity index (χ2v) is 5.38. The molecule has 0 radical (unpaired) electrons. The number of amides is 4. The number of carbonyl (C=O) groups is 3. The predicted molar refractivity (Wildman–Crippen MR) is 66.1 cm³/mol. The number of hydrogen-bond acceptors (Lipinski definition) is 4. The third-order valence-corrected chi connectivity index (χ3v) is 3.69. The number of nitrogens with zero attached hydrogens (tertiary/aromatic N) is 3. The monoisotopic (exact) mass is 269 g/mol. The van der Waals surface area contributed by atoms with Crippen LogP contribution in [-0.4, -0.2) is 77.5 Å². The normalized spacial score (nSPS) is 26.7. The molecule has 19 heavy (non-hydrogen) atoms. The van der Waals surface area contributed by atoms with Gasteiger partial charge >= 0.3 is 6.03 Å². The fraction of sp³-hybridized carbons (Fsp3) is 0.750. The average Bonchev–Trinajstić information content (AvgIpc) is 2.53. The Morgan fingerprint density at radius 2 is 2.05 bits per heavy atom. The summed E-state index contributed by atoms with van der Waals surface area (Å²) in [5.74, 6) is -0.275. The Kier molecular flexibility index (Phi) is 3.75. The van der Waals surface area contributed by atoms with Gasteiger partial charge in [-0.3, -0.25) is 14.5 Å². The molecule has 1 heterocycles. The highest BCUT2D eigenvalue weighted by molar-refractivity contribution is 6.04. The zero-order chi connectivity index (χ0) is 14.2. The van der Waals surface area contributed by atoms with Gasteiger partial charge < -0.3 is 14.9 Å². The number of hydrogen-bond donors (Lipinski definition) is 1. The van der Waals surface area contributed by atoms with Crippen LogP contribution in [-0.2, 0) is 9.59 Å². The summed E-state index contributed by atoms with van der Waals surface area (Å²) in [4.78, 5) is 38.9. The summed E-state index contributed by atoms with van der Waals surface area (Å²) in [6.07, 6.45) is 1.17. The first-order chi connectivity index (χ1) is 8.88. The number of aliphatic hydroxyl groups excluding tert-OH is 1. The van der Waals surface area contributed by atoms with Gasteiger partial charge in [0, 0.05) is 20.6 Å². The molecular formula is C12H19N3O4. The molecule has 0 unspecified atom stereocenters. The first-order valence-electron chi connectivity index (χ1n) is 6.36. The topological polar surface area (TPSA) is 81.2 Å². The fourth-order valence-corrected chi connectivity index (χ4v) is 2.42. The molecule has 2 rings (SSSR count). The molecule has 7 heteroatoms. The van der Waals surface area contributed by atoms with Gasteiger partial charge in [-0.2, -0.15) is 0 Å². The predicted octanol–water partition coefficient (Wildman–Crippen LogP) is -0.890. The molecule has 0 atom stereocenters. The van der Waals surface area contributed by atoms with Crippen molar-refractivity contribution >= 4 is 17.8 Å². The number of urea groups is 1. The van der Waals surface area contributed by atoms with E-state index in [1.165, 1.54) is 16.8 Å². The van der Waals surface area contributed by atoms with Gasteiger partial charge in [-0.05, 0) is 18.8 Å². The van der Waals surface area contributed by atoms with Gasteiger partial charge in [-0.15, -0.1) is 0 Å². The highest BCUT2D eigenvalue weighted by Gasteiger charge is 2.36. The van der Waals surface area contributed by atoms with Crippen molar-refractivity contribution in [2.75, 3.05) is 33.7 Å². The number of carbonyl (C=O) groups excluding carboxylic acids is 3. The quantitative estimate of drug-likeness (QED) is 0.671. The van der Waals surface area contributed by atoms with Crippen LogP contribution in [0.15, 0.2) is 0 Å². The van der Waals surface area contributed by atoms with E-state index in [1.807, 2.05) is 0 Å². The largest absolute Gasteiger partial charge is 0.393 e. The van der Waals surface area contributed by atoms with Crippen molar-refractivity contribution in [3.05, 3.63) is 0 Å².